The van der Waals surface area contributed by atoms with Gasteiger partial charge in [0.2, 0.25) is 0 Å². The molecule has 14 heavy (non-hydrogen) atoms. The van der Waals surface area contributed by atoms with Gasteiger partial charge in [-0.05, 0) is 30.4 Å². The van der Waals surface area contributed by atoms with Crippen molar-refractivity contribution >= 4 is 11.6 Å². The SMILES string of the molecule is CC(C)C(N)CCc1ccccc1Cl. The summed E-state index contributed by atoms with van der Waals surface area (Å²) in [6.45, 7) is 4.30. The van der Waals surface area contributed by atoms with E-state index in [-0.39, 0.29) is 6.04 Å². The van der Waals surface area contributed by atoms with Crippen molar-refractivity contribution in [2.45, 2.75) is 32.7 Å². The molecule has 1 rings (SSSR count). The molecule has 1 unspecified atom stereocenters. The number of hydrogen-bond donors (Lipinski definition) is 1. The number of hydrogen-bond acceptors (Lipinski definition) is 1. The monoisotopic (exact) mass is 211 g/mol. The van der Waals surface area contributed by atoms with Crippen LogP contribution in [0.1, 0.15) is 25.8 Å². The molecule has 0 aliphatic heterocycles. The van der Waals surface area contributed by atoms with Crippen LogP contribution in [0, 0.1) is 5.92 Å². The predicted octanol–water partition coefficient (Wildman–Crippen LogP) is 3.26. The Morgan fingerprint density at radius 2 is 1.93 bits per heavy atom. The van der Waals surface area contributed by atoms with Crippen LogP contribution in [0.25, 0.3) is 0 Å². The fraction of sp³-hybridized carbons (Fsp3) is 0.500. The standard InChI is InChI=1S/C12H18ClN/c1-9(2)12(14)8-7-10-5-3-4-6-11(10)13/h3-6,9,12H,7-8,14H2,1-2H3. The zero-order valence-electron chi connectivity index (χ0n) is 8.83. The lowest BCUT2D eigenvalue weighted by atomic mass is 9.98. The summed E-state index contributed by atoms with van der Waals surface area (Å²) in [4.78, 5) is 0. The molecule has 0 amide bonds. The third-order valence-electron chi connectivity index (χ3n) is 2.56. The first-order valence-electron chi connectivity index (χ1n) is 5.10. The average molecular weight is 212 g/mol. The zero-order chi connectivity index (χ0) is 10.6. The van der Waals surface area contributed by atoms with Crippen LogP contribution in [0.15, 0.2) is 24.3 Å². The first-order chi connectivity index (χ1) is 6.61. The van der Waals surface area contributed by atoms with E-state index in [0.717, 1.165) is 17.9 Å². The predicted molar refractivity (Wildman–Crippen MR) is 62.6 cm³/mol. The number of benzene rings is 1. The molecule has 0 radical (unpaired) electrons. The molecule has 2 N–H and O–H groups in total. The Morgan fingerprint density at radius 3 is 2.50 bits per heavy atom. The van der Waals surface area contributed by atoms with E-state index in [9.17, 15) is 0 Å². The van der Waals surface area contributed by atoms with Gasteiger partial charge in [-0.1, -0.05) is 43.6 Å². The molecule has 0 heterocycles. The largest absolute Gasteiger partial charge is 0.327 e. The molecule has 0 bridgehead atoms. The lowest BCUT2D eigenvalue weighted by molar-refractivity contribution is 0.464. The maximum absolute atomic E-state index is 6.05. The number of halogens is 1. The van der Waals surface area contributed by atoms with Crippen molar-refractivity contribution in [2.24, 2.45) is 11.7 Å². The molecule has 0 aliphatic carbocycles. The fourth-order valence-electron chi connectivity index (χ4n) is 1.36. The Balaban J connectivity index is 2.50. The van der Waals surface area contributed by atoms with E-state index in [4.69, 9.17) is 17.3 Å². The second-order valence-corrected chi connectivity index (χ2v) is 4.45. The van der Waals surface area contributed by atoms with Gasteiger partial charge in [-0.2, -0.15) is 0 Å². The molecule has 0 saturated heterocycles. The van der Waals surface area contributed by atoms with Gasteiger partial charge in [0.15, 0.2) is 0 Å². The molecule has 0 saturated carbocycles. The van der Waals surface area contributed by atoms with Gasteiger partial charge in [0.25, 0.3) is 0 Å². The van der Waals surface area contributed by atoms with Crippen molar-refractivity contribution in [3.63, 3.8) is 0 Å². The molecule has 0 fully saturated rings. The third kappa shape index (κ3) is 3.32. The molecule has 1 atom stereocenters. The van der Waals surface area contributed by atoms with Gasteiger partial charge < -0.3 is 5.73 Å². The van der Waals surface area contributed by atoms with Gasteiger partial charge in [0.1, 0.15) is 0 Å². The highest BCUT2D eigenvalue weighted by Gasteiger charge is 2.08. The van der Waals surface area contributed by atoms with E-state index in [1.165, 1.54) is 5.56 Å². The lowest BCUT2D eigenvalue weighted by Gasteiger charge is -2.15. The van der Waals surface area contributed by atoms with Gasteiger partial charge in [-0.25, -0.2) is 0 Å². The summed E-state index contributed by atoms with van der Waals surface area (Å²) in [5, 5.41) is 0.850. The van der Waals surface area contributed by atoms with Crippen molar-refractivity contribution in [2.75, 3.05) is 0 Å². The highest BCUT2D eigenvalue weighted by Crippen LogP contribution is 2.18. The van der Waals surface area contributed by atoms with Crippen LogP contribution in [-0.4, -0.2) is 6.04 Å². The van der Waals surface area contributed by atoms with E-state index < -0.39 is 0 Å². The topological polar surface area (TPSA) is 26.0 Å². The average Bonchev–Trinajstić information content (AvgIpc) is 2.16. The summed E-state index contributed by atoms with van der Waals surface area (Å²) in [7, 11) is 0. The van der Waals surface area contributed by atoms with Crippen LogP contribution >= 0.6 is 11.6 Å². The Hall–Kier alpha value is -0.530. The summed E-state index contributed by atoms with van der Waals surface area (Å²) < 4.78 is 0. The summed E-state index contributed by atoms with van der Waals surface area (Å²) in [5.74, 6) is 0.539. The van der Waals surface area contributed by atoms with E-state index in [1.54, 1.807) is 0 Å². The van der Waals surface area contributed by atoms with Crippen molar-refractivity contribution in [3.05, 3.63) is 34.9 Å². The summed E-state index contributed by atoms with van der Waals surface area (Å²) in [5.41, 5.74) is 7.17. The summed E-state index contributed by atoms with van der Waals surface area (Å²) >= 11 is 6.05. The lowest BCUT2D eigenvalue weighted by Crippen LogP contribution is -2.26. The molecule has 0 aromatic heterocycles. The number of nitrogens with two attached hydrogens (primary N) is 1. The molecule has 0 spiro atoms. The van der Waals surface area contributed by atoms with Crippen molar-refractivity contribution in [3.8, 4) is 0 Å². The van der Waals surface area contributed by atoms with Gasteiger partial charge in [0.05, 0.1) is 0 Å². The first-order valence-corrected chi connectivity index (χ1v) is 5.48. The molecular weight excluding hydrogens is 194 g/mol. The summed E-state index contributed by atoms with van der Waals surface area (Å²) in [6, 6.07) is 8.23. The van der Waals surface area contributed by atoms with Gasteiger partial charge in [0, 0.05) is 11.1 Å². The Morgan fingerprint density at radius 1 is 1.29 bits per heavy atom. The summed E-state index contributed by atoms with van der Waals surface area (Å²) in [6.07, 6.45) is 1.97. The first kappa shape index (κ1) is 11.5. The van der Waals surface area contributed by atoms with Gasteiger partial charge in [-0.15, -0.1) is 0 Å². The van der Waals surface area contributed by atoms with Crippen molar-refractivity contribution in [1.29, 1.82) is 0 Å². The molecule has 78 valence electrons. The van der Waals surface area contributed by atoms with Gasteiger partial charge >= 0.3 is 0 Å². The molecule has 2 heteroatoms. The fourth-order valence-corrected chi connectivity index (χ4v) is 1.59. The third-order valence-corrected chi connectivity index (χ3v) is 2.93. The molecule has 1 nitrogen and oxygen atoms in total. The van der Waals surface area contributed by atoms with E-state index in [0.29, 0.717) is 5.92 Å². The molecular formula is C12H18ClN. The zero-order valence-corrected chi connectivity index (χ0v) is 9.59. The second kappa shape index (κ2) is 5.38. The normalized spacial score (nSPS) is 13.2. The van der Waals surface area contributed by atoms with Gasteiger partial charge in [-0.3, -0.25) is 0 Å². The Kier molecular flexibility index (Phi) is 4.43. The number of rotatable bonds is 4. The van der Waals surface area contributed by atoms with Crippen LogP contribution in [-0.2, 0) is 6.42 Å². The minimum Gasteiger partial charge on any atom is -0.327 e. The van der Waals surface area contributed by atoms with Crippen LogP contribution in [0.5, 0.6) is 0 Å². The van der Waals surface area contributed by atoms with Crippen LogP contribution in [0.4, 0.5) is 0 Å². The second-order valence-electron chi connectivity index (χ2n) is 4.04. The van der Waals surface area contributed by atoms with E-state index in [1.807, 2.05) is 18.2 Å². The van der Waals surface area contributed by atoms with Crippen molar-refractivity contribution in [1.82, 2.24) is 0 Å². The molecule has 0 aliphatic rings. The van der Waals surface area contributed by atoms with E-state index >= 15 is 0 Å². The highest BCUT2D eigenvalue weighted by atomic mass is 35.5. The smallest absolute Gasteiger partial charge is 0.0437 e. The molecule has 1 aromatic rings. The maximum atomic E-state index is 6.05. The highest BCUT2D eigenvalue weighted by molar-refractivity contribution is 6.31. The van der Waals surface area contributed by atoms with E-state index in [2.05, 4.69) is 19.9 Å². The molecule has 1 aromatic carbocycles. The quantitative estimate of drug-likeness (QED) is 0.813. The van der Waals surface area contributed by atoms with Crippen LogP contribution in [0.2, 0.25) is 5.02 Å². The maximum Gasteiger partial charge on any atom is 0.0437 e. The number of aryl methyl sites for hydroxylation is 1. The minimum absolute atomic E-state index is 0.270. The minimum atomic E-state index is 0.270. The Bertz CT molecular complexity index is 283. The van der Waals surface area contributed by atoms with Crippen molar-refractivity contribution < 1.29 is 0 Å². The Labute approximate surface area is 91.3 Å². The van der Waals surface area contributed by atoms with Crippen LogP contribution < -0.4 is 5.73 Å². The van der Waals surface area contributed by atoms with Crippen LogP contribution in [0.3, 0.4) is 0 Å².